The van der Waals surface area contributed by atoms with Crippen molar-refractivity contribution in [3.05, 3.63) is 30.1 Å². The van der Waals surface area contributed by atoms with E-state index < -0.39 is 15.8 Å². The average Bonchev–Trinajstić information content (AvgIpc) is 3.02. The van der Waals surface area contributed by atoms with Crippen LogP contribution in [0.1, 0.15) is 19.3 Å². The molecule has 3 rings (SSSR count). The van der Waals surface area contributed by atoms with E-state index in [1.807, 2.05) is 9.80 Å². The summed E-state index contributed by atoms with van der Waals surface area (Å²) in [7, 11) is -3.85. The molecule has 0 unspecified atom stereocenters. The number of carbonyl (C=O) groups excluding carboxylic acids is 1. The van der Waals surface area contributed by atoms with Gasteiger partial charge < -0.3 is 4.90 Å². The highest BCUT2D eigenvalue weighted by Crippen LogP contribution is 2.20. The Balaban J connectivity index is 1.63. The van der Waals surface area contributed by atoms with Crippen LogP contribution in [0.3, 0.4) is 0 Å². The molecule has 138 valence electrons. The zero-order valence-electron chi connectivity index (χ0n) is 14.2. The number of hydrogen-bond donors (Lipinski definition) is 0. The third-order valence-electron chi connectivity index (χ3n) is 4.82. The number of carbonyl (C=O) groups is 1. The molecule has 2 saturated heterocycles. The molecule has 0 atom stereocenters. The second-order valence-corrected chi connectivity index (χ2v) is 8.46. The molecule has 0 bridgehead atoms. The molecule has 1 aromatic carbocycles. The fourth-order valence-electron chi connectivity index (χ4n) is 3.40. The molecular weight excluding hydrogens is 345 g/mol. The molecule has 2 fully saturated rings. The van der Waals surface area contributed by atoms with Crippen LogP contribution in [0, 0.1) is 5.82 Å². The van der Waals surface area contributed by atoms with Crippen LogP contribution < -0.4 is 0 Å². The van der Waals surface area contributed by atoms with Crippen LogP contribution in [0.4, 0.5) is 4.39 Å². The first-order valence-corrected chi connectivity index (χ1v) is 10.2. The fourth-order valence-corrected chi connectivity index (χ4v) is 4.93. The van der Waals surface area contributed by atoms with E-state index in [1.54, 1.807) is 0 Å². The average molecular weight is 369 g/mol. The zero-order chi connectivity index (χ0) is 17.9. The number of likely N-dealkylation sites (tertiary alicyclic amines) is 1. The summed E-state index contributed by atoms with van der Waals surface area (Å²) < 4.78 is 40.6. The number of benzene rings is 1. The van der Waals surface area contributed by atoms with E-state index in [0.717, 1.165) is 32.0 Å². The van der Waals surface area contributed by atoms with Crippen LogP contribution in [0.2, 0.25) is 0 Å². The van der Waals surface area contributed by atoms with Gasteiger partial charge in [-0.1, -0.05) is 12.1 Å². The summed E-state index contributed by atoms with van der Waals surface area (Å²) in [5.41, 5.74) is 0. The van der Waals surface area contributed by atoms with Gasteiger partial charge in [-0.25, -0.2) is 12.8 Å². The molecular formula is C17H24FN3O3S. The van der Waals surface area contributed by atoms with Crippen molar-refractivity contribution < 1.29 is 17.6 Å². The summed E-state index contributed by atoms with van der Waals surface area (Å²) in [4.78, 5) is 15.9. The fraction of sp³-hybridized carbons (Fsp3) is 0.588. The van der Waals surface area contributed by atoms with Crippen LogP contribution in [0.15, 0.2) is 29.2 Å². The van der Waals surface area contributed by atoms with E-state index in [1.165, 1.54) is 22.5 Å². The van der Waals surface area contributed by atoms with E-state index in [4.69, 9.17) is 0 Å². The standard InChI is InChI=1S/C17H24FN3O3S/c18-15-6-1-2-7-16(15)25(23,24)21-11-5-8-19(12-13-21)14-17(22)20-9-3-4-10-20/h1-2,6-7H,3-5,8-14H2. The summed E-state index contributed by atoms with van der Waals surface area (Å²) in [6, 6.07) is 5.45. The lowest BCUT2D eigenvalue weighted by molar-refractivity contribution is -0.131. The maximum atomic E-state index is 13.9. The SMILES string of the molecule is O=C(CN1CCCN(S(=O)(=O)c2ccccc2F)CC1)N1CCCC1. The second-order valence-electron chi connectivity index (χ2n) is 6.55. The molecule has 0 aromatic heterocycles. The van der Waals surface area contributed by atoms with E-state index in [-0.39, 0.29) is 17.3 Å². The first kappa shape index (κ1) is 18.3. The largest absolute Gasteiger partial charge is 0.342 e. The van der Waals surface area contributed by atoms with Gasteiger partial charge in [-0.15, -0.1) is 0 Å². The van der Waals surface area contributed by atoms with E-state index in [9.17, 15) is 17.6 Å². The molecule has 25 heavy (non-hydrogen) atoms. The molecule has 0 aliphatic carbocycles. The second kappa shape index (κ2) is 7.80. The number of amides is 1. The summed E-state index contributed by atoms with van der Waals surface area (Å²) in [6.07, 6.45) is 2.74. The van der Waals surface area contributed by atoms with Crippen molar-refractivity contribution in [3.8, 4) is 0 Å². The van der Waals surface area contributed by atoms with Crippen LogP contribution in [-0.4, -0.2) is 74.2 Å². The molecule has 0 radical (unpaired) electrons. The van der Waals surface area contributed by atoms with Crippen LogP contribution in [0.25, 0.3) is 0 Å². The van der Waals surface area contributed by atoms with Gasteiger partial charge in [-0.2, -0.15) is 4.31 Å². The minimum absolute atomic E-state index is 0.114. The minimum atomic E-state index is -3.85. The highest BCUT2D eigenvalue weighted by atomic mass is 32.2. The predicted molar refractivity (Wildman–Crippen MR) is 92.0 cm³/mol. The van der Waals surface area contributed by atoms with Crippen LogP contribution in [-0.2, 0) is 14.8 Å². The van der Waals surface area contributed by atoms with E-state index in [0.29, 0.717) is 32.6 Å². The van der Waals surface area contributed by atoms with Gasteiger partial charge in [0.05, 0.1) is 6.54 Å². The Morgan fingerprint density at radius 3 is 2.40 bits per heavy atom. The summed E-state index contributed by atoms with van der Waals surface area (Å²) in [6.45, 7) is 3.72. The number of sulfonamides is 1. The molecule has 6 nitrogen and oxygen atoms in total. The Morgan fingerprint density at radius 2 is 1.68 bits per heavy atom. The first-order chi connectivity index (χ1) is 12.0. The van der Waals surface area contributed by atoms with Gasteiger partial charge in [0.1, 0.15) is 10.7 Å². The number of nitrogens with zero attached hydrogens (tertiary/aromatic N) is 3. The quantitative estimate of drug-likeness (QED) is 0.799. The monoisotopic (exact) mass is 369 g/mol. The molecule has 2 aliphatic heterocycles. The molecule has 1 aromatic rings. The number of halogens is 1. The molecule has 8 heteroatoms. The van der Waals surface area contributed by atoms with Crippen molar-refractivity contribution in [3.63, 3.8) is 0 Å². The Labute approximate surface area is 148 Å². The van der Waals surface area contributed by atoms with Gasteiger partial charge in [0.25, 0.3) is 0 Å². The summed E-state index contributed by atoms with van der Waals surface area (Å²) >= 11 is 0. The molecule has 0 N–H and O–H groups in total. The molecule has 2 heterocycles. The Morgan fingerprint density at radius 1 is 0.960 bits per heavy atom. The molecule has 1 amide bonds. The van der Waals surface area contributed by atoms with Gasteiger partial charge >= 0.3 is 0 Å². The normalized spacial score (nSPS) is 20.6. The lowest BCUT2D eigenvalue weighted by atomic mass is 10.3. The lowest BCUT2D eigenvalue weighted by Crippen LogP contribution is -2.41. The van der Waals surface area contributed by atoms with Crippen molar-refractivity contribution in [2.24, 2.45) is 0 Å². The molecule has 0 saturated carbocycles. The summed E-state index contributed by atoms with van der Waals surface area (Å²) in [5.74, 6) is -0.615. The number of rotatable bonds is 4. The van der Waals surface area contributed by atoms with Crippen LogP contribution >= 0.6 is 0 Å². The Bertz CT molecular complexity index is 720. The lowest BCUT2D eigenvalue weighted by Gasteiger charge is -2.23. The predicted octanol–water partition coefficient (Wildman–Crippen LogP) is 1.14. The van der Waals surface area contributed by atoms with Crippen molar-refractivity contribution in [1.29, 1.82) is 0 Å². The number of hydrogen-bond acceptors (Lipinski definition) is 4. The zero-order valence-corrected chi connectivity index (χ0v) is 15.0. The maximum absolute atomic E-state index is 13.9. The molecule has 2 aliphatic rings. The Kier molecular flexibility index (Phi) is 5.71. The third-order valence-corrected chi connectivity index (χ3v) is 6.75. The van der Waals surface area contributed by atoms with Gasteiger partial charge in [0, 0.05) is 32.7 Å². The summed E-state index contributed by atoms with van der Waals surface area (Å²) in [5, 5.41) is 0. The maximum Gasteiger partial charge on any atom is 0.246 e. The van der Waals surface area contributed by atoms with Gasteiger partial charge in [-0.05, 0) is 37.9 Å². The minimum Gasteiger partial charge on any atom is -0.342 e. The van der Waals surface area contributed by atoms with E-state index >= 15 is 0 Å². The van der Waals surface area contributed by atoms with Gasteiger partial charge in [0.2, 0.25) is 15.9 Å². The van der Waals surface area contributed by atoms with Crippen molar-refractivity contribution >= 4 is 15.9 Å². The molecule has 0 spiro atoms. The van der Waals surface area contributed by atoms with Crippen LogP contribution in [0.5, 0.6) is 0 Å². The van der Waals surface area contributed by atoms with Gasteiger partial charge in [0.15, 0.2) is 0 Å². The third kappa shape index (κ3) is 4.19. The smallest absolute Gasteiger partial charge is 0.246 e. The topological polar surface area (TPSA) is 60.9 Å². The first-order valence-electron chi connectivity index (χ1n) is 8.73. The van der Waals surface area contributed by atoms with Crippen molar-refractivity contribution in [2.75, 3.05) is 45.8 Å². The Hall–Kier alpha value is -1.51. The highest BCUT2D eigenvalue weighted by molar-refractivity contribution is 7.89. The van der Waals surface area contributed by atoms with E-state index in [2.05, 4.69) is 0 Å². The van der Waals surface area contributed by atoms with Gasteiger partial charge in [-0.3, -0.25) is 9.69 Å². The highest BCUT2D eigenvalue weighted by Gasteiger charge is 2.30. The van der Waals surface area contributed by atoms with Crippen molar-refractivity contribution in [2.45, 2.75) is 24.2 Å². The van der Waals surface area contributed by atoms with Crippen molar-refractivity contribution in [1.82, 2.24) is 14.1 Å².